The van der Waals surface area contributed by atoms with E-state index in [1.807, 2.05) is 17.9 Å². The molecule has 3 aliphatic rings. The molecule has 2 aromatic rings. The van der Waals surface area contributed by atoms with E-state index >= 15 is 0 Å². The first-order valence-corrected chi connectivity index (χ1v) is 11.7. The van der Waals surface area contributed by atoms with Gasteiger partial charge >= 0.3 is 0 Å². The molecule has 1 N–H and O–H groups in total. The Balaban J connectivity index is 1.53. The molecular weight excluding hydrogens is 370 g/mol. The smallest absolute Gasteiger partial charge is 0.271 e. The number of rotatable bonds is 3. The molecule has 1 atom stereocenters. The Morgan fingerprint density at radius 1 is 1.14 bits per heavy atom. The molecule has 2 fully saturated rings. The van der Waals surface area contributed by atoms with E-state index < -0.39 is 5.54 Å². The van der Waals surface area contributed by atoms with Crippen LogP contribution in [0.15, 0.2) is 17.5 Å². The molecule has 2 amide bonds. The van der Waals surface area contributed by atoms with Gasteiger partial charge in [0.15, 0.2) is 0 Å². The second-order valence-electron chi connectivity index (χ2n) is 8.98. The number of amides is 2. The lowest BCUT2D eigenvalue weighted by Crippen LogP contribution is -2.67. The SMILES string of the molecule is C[C@]1(C(=O)NC2CCCCC2)Cn2c(cc3sccc32)C(=O)N1C1CCCC1. The van der Waals surface area contributed by atoms with Gasteiger partial charge in [-0.2, -0.15) is 0 Å². The molecule has 0 radical (unpaired) electrons. The van der Waals surface area contributed by atoms with Crippen LogP contribution in [0.4, 0.5) is 0 Å². The third kappa shape index (κ3) is 2.79. The largest absolute Gasteiger partial charge is 0.351 e. The van der Waals surface area contributed by atoms with Crippen molar-refractivity contribution in [2.24, 2.45) is 0 Å². The first-order valence-electron chi connectivity index (χ1n) is 10.8. The number of aromatic nitrogens is 1. The molecule has 0 spiro atoms. The molecule has 28 heavy (non-hydrogen) atoms. The van der Waals surface area contributed by atoms with E-state index in [0.717, 1.165) is 54.4 Å². The quantitative estimate of drug-likeness (QED) is 0.836. The van der Waals surface area contributed by atoms with Crippen molar-refractivity contribution < 1.29 is 9.59 Å². The predicted molar refractivity (Wildman–Crippen MR) is 112 cm³/mol. The van der Waals surface area contributed by atoms with Crippen molar-refractivity contribution in [3.05, 3.63) is 23.2 Å². The highest BCUT2D eigenvalue weighted by Gasteiger charge is 2.51. The second-order valence-corrected chi connectivity index (χ2v) is 9.93. The Morgan fingerprint density at radius 2 is 1.86 bits per heavy atom. The molecule has 3 heterocycles. The summed E-state index contributed by atoms with van der Waals surface area (Å²) in [6.07, 6.45) is 10.1. The summed E-state index contributed by atoms with van der Waals surface area (Å²) in [7, 11) is 0. The number of carbonyl (C=O) groups is 2. The predicted octanol–water partition coefficient (Wildman–Crippen LogP) is 4.31. The van der Waals surface area contributed by atoms with Crippen LogP contribution in [0.2, 0.25) is 0 Å². The minimum absolute atomic E-state index is 0.0300. The normalized spacial score (nSPS) is 26.8. The summed E-state index contributed by atoms with van der Waals surface area (Å²) < 4.78 is 3.21. The summed E-state index contributed by atoms with van der Waals surface area (Å²) in [5, 5.41) is 5.39. The van der Waals surface area contributed by atoms with Gasteiger partial charge in [-0.05, 0) is 50.1 Å². The highest BCUT2D eigenvalue weighted by molar-refractivity contribution is 7.17. The molecule has 150 valence electrons. The highest BCUT2D eigenvalue weighted by Crippen LogP contribution is 2.39. The van der Waals surface area contributed by atoms with Crippen molar-refractivity contribution in [1.29, 1.82) is 0 Å². The van der Waals surface area contributed by atoms with Crippen molar-refractivity contribution in [1.82, 2.24) is 14.8 Å². The average Bonchev–Trinajstić information content (AvgIpc) is 3.41. The third-order valence-electron chi connectivity index (χ3n) is 7.08. The Bertz CT molecular complexity index is 904. The minimum atomic E-state index is -0.829. The number of nitrogens with zero attached hydrogens (tertiary/aromatic N) is 2. The zero-order chi connectivity index (χ0) is 19.3. The van der Waals surface area contributed by atoms with Crippen LogP contribution in [0.25, 0.3) is 10.2 Å². The van der Waals surface area contributed by atoms with E-state index in [9.17, 15) is 9.59 Å². The van der Waals surface area contributed by atoms with Gasteiger partial charge in [-0.15, -0.1) is 11.3 Å². The van der Waals surface area contributed by atoms with Gasteiger partial charge in [-0.3, -0.25) is 9.59 Å². The number of hydrogen-bond donors (Lipinski definition) is 1. The van der Waals surface area contributed by atoms with Crippen LogP contribution in [0.1, 0.15) is 75.2 Å². The van der Waals surface area contributed by atoms with Gasteiger partial charge in [0, 0.05) is 12.1 Å². The van der Waals surface area contributed by atoms with Gasteiger partial charge in [0.1, 0.15) is 11.2 Å². The van der Waals surface area contributed by atoms with Gasteiger partial charge in [0.25, 0.3) is 5.91 Å². The minimum Gasteiger partial charge on any atom is -0.351 e. The summed E-state index contributed by atoms with van der Waals surface area (Å²) in [6.45, 7) is 2.53. The second kappa shape index (κ2) is 6.90. The molecule has 2 saturated carbocycles. The van der Waals surface area contributed by atoms with E-state index in [2.05, 4.69) is 21.3 Å². The molecule has 5 rings (SSSR count). The van der Waals surface area contributed by atoms with Crippen molar-refractivity contribution in [2.75, 3.05) is 0 Å². The third-order valence-corrected chi connectivity index (χ3v) is 7.93. The topological polar surface area (TPSA) is 54.3 Å². The first-order chi connectivity index (χ1) is 13.6. The molecule has 6 heteroatoms. The Labute approximate surface area is 170 Å². The molecule has 2 aliphatic carbocycles. The lowest BCUT2D eigenvalue weighted by atomic mass is 9.90. The van der Waals surface area contributed by atoms with E-state index in [-0.39, 0.29) is 23.9 Å². The zero-order valence-corrected chi connectivity index (χ0v) is 17.4. The van der Waals surface area contributed by atoms with E-state index in [0.29, 0.717) is 6.54 Å². The standard InChI is InChI=1S/C22H29N3O2S/c1-22(21(27)23-15-7-3-2-4-8-15)14-24-17-11-12-28-19(17)13-18(24)20(26)25(22)16-9-5-6-10-16/h11-13,15-16H,2-10,14H2,1H3,(H,23,27)/t22-/m1/s1. The fourth-order valence-corrected chi connectivity index (χ4v) is 6.38. The molecular formula is C22H29N3O2S. The number of fused-ring (bicyclic) bond motifs is 3. The molecule has 0 bridgehead atoms. The average molecular weight is 400 g/mol. The van der Waals surface area contributed by atoms with Gasteiger partial charge in [-0.1, -0.05) is 32.1 Å². The van der Waals surface area contributed by atoms with Gasteiger partial charge in [0.2, 0.25) is 5.91 Å². The van der Waals surface area contributed by atoms with Crippen LogP contribution in [-0.2, 0) is 11.3 Å². The monoisotopic (exact) mass is 399 g/mol. The van der Waals surface area contributed by atoms with Gasteiger partial charge < -0.3 is 14.8 Å². The van der Waals surface area contributed by atoms with Crippen molar-refractivity contribution in [2.45, 2.75) is 88.9 Å². The summed E-state index contributed by atoms with van der Waals surface area (Å²) >= 11 is 1.66. The number of carbonyl (C=O) groups excluding carboxylic acids is 2. The van der Waals surface area contributed by atoms with Crippen molar-refractivity contribution in [3.8, 4) is 0 Å². The fraction of sp³-hybridized carbons (Fsp3) is 0.636. The maximum atomic E-state index is 13.6. The number of nitrogens with one attached hydrogen (secondary N) is 1. The van der Waals surface area contributed by atoms with E-state index in [4.69, 9.17) is 0 Å². The Hall–Kier alpha value is -1.82. The Morgan fingerprint density at radius 3 is 2.61 bits per heavy atom. The van der Waals surface area contributed by atoms with E-state index in [1.54, 1.807) is 11.3 Å². The van der Waals surface area contributed by atoms with Crippen LogP contribution < -0.4 is 5.32 Å². The lowest BCUT2D eigenvalue weighted by Gasteiger charge is -2.47. The van der Waals surface area contributed by atoms with Crippen molar-refractivity contribution >= 4 is 33.4 Å². The molecule has 0 unspecified atom stereocenters. The summed E-state index contributed by atoms with van der Waals surface area (Å²) in [6, 6.07) is 4.52. The highest BCUT2D eigenvalue weighted by atomic mass is 32.1. The molecule has 1 aliphatic heterocycles. The van der Waals surface area contributed by atoms with Crippen molar-refractivity contribution in [3.63, 3.8) is 0 Å². The fourth-order valence-electron chi connectivity index (χ4n) is 5.56. The van der Waals surface area contributed by atoms with Gasteiger partial charge in [0.05, 0.1) is 16.8 Å². The molecule has 0 saturated heterocycles. The molecule has 5 nitrogen and oxygen atoms in total. The zero-order valence-electron chi connectivity index (χ0n) is 16.6. The van der Waals surface area contributed by atoms with Crippen LogP contribution in [0, 0.1) is 0 Å². The van der Waals surface area contributed by atoms with Crippen LogP contribution in [0.5, 0.6) is 0 Å². The van der Waals surface area contributed by atoms with Crippen LogP contribution >= 0.6 is 11.3 Å². The molecule has 2 aromatic heterocycles. The number of thiophene rings is 1. The summed E-state index contributed by atoms with van der Waals surface area (Å²) in [5.74, 6) is 0.0604. The van der Waals surface area contributed by atoms with Crippen LogP contribution in [0.3, 0.4) is 0 Å². The van der Waals surface area contributed by atoms with Crippen LogP contribution in [-0.4, -0.2) is 38.9 Å². The van der Waals surface area contributed by atoms with Gasteiger partial charge in [-0.25, -0.2) is 0 Å². The number of hydrogen-bond acceptors (Lipinski definition) is 3. The summed E-state index contributed by atoms with van der Waals surface area (Å²) in [5.41, 5.74) is 0.998. The Kier molecular flexibility index (Phi) is 4.49. The maximum Gasteiger partial charge on any atom is 0.271 e. The molecule has 0 aromatic carbocycles. The summed E-state index contributed by atoms with van der Waals surface area (Å²) in [4.78, 5) is 29.2. The maximum absolute atomic E-state index is 13.6. The first kappa shape index (κ1) is 18.2. The van der Waals surface area contributed by atoms with E-state index in [1.165, 1.54) is 19.3 Å². The lowest BCUT2D eigenvalue weighted by molar-refractivity contribution is -0.135.